The molecule has 2 aromatic carbocycles. The number of carbonyl (C=O) groups is 1. The minimum absolute atomic E-state index is 0.0987. The number of halogens is 3. The zero-order valence-corrected chi connectivity index (χ0v) is 13.5. The van der Waals surface area contributed by atoms with Gasteiger partial charge in [-0.3, -0.25) is 4.79 Å². The van der Waals surface area contributed by atoms with Crippen molar-refractivity contribution < 1.29 is 23.1 Å². The van der Waals surface area contributed by atoms with E-state index >= 15 is 0 Å². The van der Waals surface area contributed by atoms with Crippen LogP contribution in [0.4, 0.5) is 18.9 Å². The molecule has 0 saturated carbocycles. The molecule has 0 spiro atoms. The second kappa shape index (κ2) is 5.74. The van der Waals surface area contributed by atoms with Crippen LogP contribution in [0.3, 0.4) is 0 Å². The van der Waals surface area contributed by atoms with Gasteiger partial charge in [0.05, 0.1) is 11.3 Å². The Bertz CT molecular complexity index is 842. The van der Waals surface area contributed by atoms with E-state index in [0.717, 1.165) is 12.1 Å². The van der Waals surface area contributed by atoms with Gasteiger partial charge in [-0.25, -0.2) is 0 Å². The van der Waals surface area contributed by atoms with Crippen LogP contribution in [0.15, 0.2) is 55.1 Å². The van der Waals surface area contributed by atoms with E-state index in [1.807, 2.05) is 0 Å². The number of fused-ring (bicyclic) bond motifs is 1. The van der Waals surface area contributed by atoms with Gasteiger partial charge in [0.25, 0.3) is 5.91 Å². The molecule has 1 heterocycles. The lowest BCUT2D eigenvalue weighted by Crippen LogP contribution is -2.38. The van der Waals surface area contributed by atoms with Crippen LogP contribution in [-0.4, -0.2) is 18.1 Å². The number of alkyl halides is 3. The Kier molecular flexibility index (Phi) is 3.95. The maximum atomic E-state index is 12.7. The highest BCUT2D eigenvalue weighted by molar-refractivity contribution is 6.07. The third kappa shape index (κ3) is 2.82. The molecule has 6 heteroatoms. The molecule has 25 heavy (non-hydrogen) atoms. The fourth-order valence-corrected chi connectivity index (χ4v) is 3.09. The number of rotatable bonds is 3. The zero-order chi connectivity index (χ0) is 18.4. The quantitative estimate of drug-likeness (QED) is 0.913. The van der Waals surface area contributed by atoms with Crippen LogP contribution in [0.5, 0.6) is 0 Å². The number of benzene rings is 2. The summed E-state index contributed by atoms with van der Waals surface area (Å²) in [7, 11) is 1.57. The van der Waals surface area contributed by atoms with Crippen molar-refractivity contribution in [3.05, 3.63) is 71.8 Å². The van der Waals surface area contributed by atoms with E-state index in [-0.39, 0.29) is 6.42 Å². The number of hydrogen-bond acceptors (Lipinski definition) is 2. The topological polar surface area (TPSA) is 40.5 Å². The number of anilines is 1. The second-order valence-electron chi connectivity index (χ2n) is 6.10. The van der Waals surface area contributed by atoms with Gasteiger partial charge < -0.3 is 10.0 Å². The molecule has 0 unspecified atom stereocenters. The minimum Gasteiger partial charge on any atom is -0.375 e. The van der Waals surface area contributed by atoms with Gasteiger partial charge in [0.15, 0.2) is 5.60 Å². The number of amides is 1. The summed E-state index contributed by atoms with van der Waals surface area (Å²) >= 11 is 0. The molecule has 2 aromatic rings. The summed E-state index contributed by atoms with van der Waals surface area (Å²) in [6.07, 6.45) is -4.51. The van der Waals surface area contributed by atoms with E-state index in [0.29, 0.717) is 22.4 Å². The van der Waals surface area contributed by atoms with Crippen LogP contribution >= 0.6 is 0 Å². The number of para-hydroxylation sites is 1. The van der Waals surface area contributed by atoms with Crippen molar-refractivity contribution in [1.82, 2.24) is 0 Å². The second-order valence-corrected chi connectivity index (χ2v) is 6.10. The SMILES string of the molecule is C=C(C[C@@]1(O)C(=O)N(C)c2ccccc21)c1ccc(C(F)(F)F)cc1. The Hall–Kier alpha value is -2.60. The molecule has 0 aromatic heterocycles. The van der Waals surface area contributed by atoms with Crippen LogP contribution in [0.1, 0.15) is 23.1 Å². The normalized spacial score (nSPS) is 19.9. The first-order valence-corrected chi connectivity index (χ1v) is 7.60. The third-order valence-corrected chi connectivity index (χ3v) is 4.46. The minimum atomic E-state index is -4.42. The average molecular weight is 347 g/mol. The highest BCUT2D eigenvalue weighted by Gasteiger charge is 2.48. The molecule has 0 fully saturated rings. The summed E-state index contributed by atoms with van der Waals surface area (Å²) in [6, 6.07) is 11.4. The van der Waals surface area contributed by atoms with Crippen molar-refractivity contribution in [2.45, 2.75) is 18.2 Å². The molecule has 1 atom stereocenters. The molecule has 0 saturated heterocycles. The van der Waals surface area contributed by atoms with Gasteiger partial charge >= 0.3 is 6.18 Å². The van der Waals surface area contributed by atoms with Gasteiger partial charge in [-0.2, -0.15) is 13.2 Å². The number of likely N-dealkylation sites (N-methyl/N-ethyl adjacent to an activating group) is 1. The van der Waals surface area contributed by atoms with Crippen LogP contribution in [0, 0.1) is 0 Å². The van der Waals surface area contributed by atoms with E-state index < -0.39 is 23.2 Å². The maximum absolute atomic E-state index is 12.7. The lowest BCUT2D eigenvalue weighted by atomic mass is 9.86. The first kappa shape index (κ1) is 17.2. The van der Waals surface area contributed by atoms with E-state index in [1.165, 1.54) is 17.0 Å². The summed E-state index contributed by atoms with van der Waals surface area (Å²) in [5.74, 6) is -0.484. The average Bonchev–Trinajstić information content (AvgIpc) is 2.76. The molecular weight excluding hydrogens is 331 g/mol. The summed E-state index contributed by atoms with van der Waals surface area (Å²) in [4.78, 5) is 13.9. The molecule has 0 aliphatic carbocycles. The third-order valence-electron chi connectivity index (χ3n) is 4.46. The molecule has 1 amide bonds. The van der Waals surface area contributed by atoms with E-state index in [9.17, 15) is 23.1 Å². The van der Waals surface area contributed by atoms with Gasteiger partial charge in [0, 0.05) is 19.0 Å². The maximum Gasteiger partial charge on any atom is 0.416 e. The first-order valence-electron chi connectivity index (χ1n) is 7.60. The Labute approximate surface area is 143 Å². The Balaban J connectivity index is 1.89. The molecule has 0 bridgehead atoms. The molecule has 3 nitrogen and oxygen atoms in total. The van der Waals surface area contributed by atoms with Gasteiger partial charge in [-0.1, -0.05) is 36.9 Å². The van der Waals surface area contributed by atoms with Crippen molar-refractivity contribution in [2.24, 2.45) is 0 Å². The lowest BCUT2D eigenvalue weighted by Gasteiger charge is -2.23. The predicted octanol–water partition coefficient (Wildman–Crippen LogP) is 3.97. The number of nitrogens with zero attached hydrogens (tertiary/aromatic N) is 1. The Morgan fingerprint density at radius 3 is 2.36 bits per heavy atom. The molecule has 1 aliphatic heterocycles. The van der Waals surface area contributed by atoms with Crippen LogP contribution < -0.4 is 4.90 Å². The predicted molar refractivity (Wildman–Crippen MR) is 88.8 cm³/mol. The van der Waals surface area contributed by atoms with Gasteiger partial charge in [0.1, 0.15) is 0 Å². The highest BCUT2D eigenvalue weighted by atomic mass is 19.4. The largest absolute Gasteiger partial charge is 0.416 e. The number of carbonyl (C=O) groups excluding carboxylic acids is 1. The fraction of sp³-hybridized carbons (Fsp3) is 0.211. The van der Waals surface area contributed by atoms with Crippen LogP contribution in [-0.2, 0) is 16.6 Å². The summed E-state index contributed by atoms with van der Waals surface area (Å²) in [5, 5.41) is 11.0. The van der Waals surface area contributed by atoms with Gasteiger partial charge in [-0.15, -0.1) is 0 Å². The van der Waals surface area contributed by atoms with Gasteiger partial charge in [-0.05, 0) is 29.3 Å². The summed E-state index contributed by atoms with van der Waals surface area (Å²) in [5.41, 5.74) is -0.628. The molecule has 1 aliphatic rings. The van der Waals surface area contributed by atoms with E-state index in [2.05, 4.69) is 6.58 Å². The van der Waals surface area contributed by atoms with Crippen molar-refractivity contribution in [3.63, 3.8) is 0 Å². The van der Waals surface area contributed by atoms with Gasteiger partial charge in [0.2, 0.25) is 0 Å². The summed E-state index contributed by atoms with van der Waals surface area (Å²) < 4.78 is 38.0. The van der Waals surface area contributed by atoms with Crippen LogP contribution in [0.2, 0.25) is 0 Å². The molecular formula is C19H16F3NO2. The standard InChI is InChI=1S/C19H16F3NO2/c1-12(13-7-9-14(10-8-13)19(20,21)22)11-18(25)15-5-3-4-6-16(15)23(2)17(18)24/h3-10,25H,1,11H2,2H3/t18-/m0/s1. The highest BCUT2D eigenvalue weighted by Crippen LogP contribution is 2.44. The van der Waals surface area contributed by atoms with Crippen molar-refractivity contribution >= 4 is 17.2 Å². The van der Waals surface area contributed by atoms with E-state index in [4.69, 9.17) is 0 Å². The first-order chi connectivity index (χ1) is 11.6. The molecule has 3 rings (SSSR count). The number of aliphatic hydroxyl groups is 1. The van der Waals surface area contributed by atoms with E-state index in [1.54, 1.807) is 31.3 Å². The number of hydrogen-bond donors (Lipinski definition) is 1. The Morgan fingerprint density at radius 2 is 1.76 bits per heavy atom. The monoisotopic (exact) mass is 347 g/mol. The smallest absolute Gasteiger partial charge is 0.375 e. The zero-order valence-electron chi connectivity index (χ0n) is 13.5. The van der Waals surface area contributed by atoms with Crippen molar-refractivity contribution in [1.29, 1.82) is 0 Å². The fourth-order valence-electron chi connectivity index (χ4n) is 3.09. The molecule has 0 radical (unpaired) electrons. The summed E-state index contributed by atoms with van der Waals surface area (Å²) in [6.45, 7) is 3.85. The molecule has 130 valence electrons. The van der Waals surface area contributed by atoms with Crippen molar-refractivity contribution in [2.75, 3.05) is 11.9 Å². The molecule has 1 N–H and O–H groups in total. The van der Waals surface area contributed by atoms with Crippen molar-refractivity contribution in [3.8, 4) is 0 Å². The lowest BCUT2D eigenvalue weighted by molar-refractivity contribution is -0.137. The van der Waals surface area contributed by atoms with Crippen LogP contribution in [0.25, 0.3) is 5.57 Å². The Morgan fingerprint density at radius 1 is 1.16 bits per heavy atom.